The van der Waals surface area contributed by atoms with E-state index in [0.29, 0.717) is 0 Å². The Hall–Kier alpha value is -1.89. The summed E-state index contributed by atoms with van der Waals surface area (Å²) in [6.07, 6.45) is 9.73. The first-order valence-electron chi connectivity index (χ1n) is 7.73. The average molecular weight is 285 g/mol. The molecule has 0 N–H and O–H groups in total. The van der Waals surface area contributed by atoms with Crippen LogP contribution in [0.4, 0.5) is 0 Å². The van der Waals surface area contributed by atoms with Crippen molar-refractivity contribution in [1.29, 1.82) is 0 Å². The van der Waals surface area contributed by atoms with E-state index in [0.717, 1.165) is 28.1 Å². The van der Waals surface area contributed by atoms with Gasteiger partial charge in [-0.15, -0.1) is 0 Å². The van der Waals surface area contributed by atoms with Crippen molar-refractivity contribution in [3.8, 4) is 0 Å². The van der Waals surface area contributed by atoms with Crippen LogP contribution >= 0.6 is 0 Å². The number of hydrogen-bond acceptors (Lipinski definition) is 1. The zero-order chi connectivity index (χ0) is 16.8. The third-order valence-electron chi connectivity index (χ3n) is 2.62. The molecule has 0 aliphatic heterocycles. The minimum Gasteiger partial charge on any atom is -0.248 e. The van der Waals surface area contributed by atoms with E-state index < -0.39 is 0 Å². The Morgan fingerprint density at radius 2 is 1.62 bits per heavy atom. The van der Waals surface area contributed by atoms with Crippen LogP contribution < -0.4 is 0 Å². The van der Waals surface area contributed by atoms with Gasteiger partial charge < -0.3 is 0 Å². The zero-order valence-corrected chi connectivity index (χ0v) is 14.8. The first-order chi connectivity index (χ1) is 10.2. The summed E-state index contributed by atoms with van der Waals surface area (Å²) in [7, 11) is 0. The topological polar surface area (TPSA) is 12.9 Å². The first-order valence-corrected chi connectivity index (χ1v) is 7.73. The zero-order valence-electron chi connectivity index (χ0n) is 14.8. The van der Waals surface area contributed by atoms with Crippen molar-refractivity contribution in [2.75, 3.05) is 0 Å². The minimum absolute atomic E-state index is 0.879. The van der Waals surface area contributed by atoms with Gasteiger partial charge in [0.05, 0.1) is 11.4 Å². The molecule has 0 amide bonds. The standard InChI is InChI=1S/C16H19N.2C2H6/c1-6-10-13(7-2)16-12(5)11-14(8-3)15(9-4)17-16;2*1-2/h6-11H,3-4H2,1-2,5H3;2*1-2H3/b10-6-,13-7+;;. The molecule has 116 valence electrons. The van der Waals surface area contributed by atoms with Crippen LogP contribution in [0, 0.1) is 6.92 Å². The number of nitrogens with zero attached hydrogens (tertiary/aromatic N) is 1. The molecule has 1 nitrogen and oxygen atoms in total. The summed E-state index contributed by atoms with van der Waals surface area (Å²) in [6, 6.07) is 2.10. The van der Waals surface area contributed by atoms with Gasteiger partial charge in [-0.25, -0.2) is 4.98 Å². The smallest absolute Gasteiger partial charge is 0.0735 e. The number of aryl methyl sites for hydroxylation is 1. The van der Waals surface area contributed by atoms with Crippen LogP contribution in [-0.2, 0) is 0 Å². The predicted octanol–water partition coefficient (Wildman–Crippen LogP) is 6.71. The Morgan fingerprint density at radius 3 is 2.00 bits per heavy atom. The molecule has 1 rings (SSSR count). The summed E-state index contributed by atoms with van der Waals surface area (Å²) < 4.78 is 0. The molecule has 0 saturated heterocycles. The summed E-state index contributed by atoms with van der Waals surface area (Å²) in [4.78, 5) is 4.64. The molecule has 0 aliphatic rings. The van der Waals surface area contributed by atoms with E-state index in [9.17, 15) is 0 Å². The van der Waals surface area contributed by atoms with Gasteiger partial charge in [-0.1, -0.05) is 65.2 Å². The second kappa shape index (κ2) is 13.1. The van der Waals surface area contributed by atoms with Crippen LogP contribution in [0.25, 0.3) is 17.7 Å². The van der Waals surface area contributed by atoms with Crippen LogP contribution in [0.1, 0.15) is 64.1 Å². The Labute approximate surface area is 131 Å². The molecule has 0 radical (unpaired) electrons. The Balaban J connectivity index is 0. The maximum absolute atomic E-state index is 4.64. The van der Waals surface area contributed by atoms with E-state index in [1.807, 2.05) is 53.7 Å². The van der Waals surface area contributed by atoms with Crippen LogP contribution in [0.15, 0.2) is 37.5 Å². The fraction of sp³-hybridized carbons (Fsp3) is 0.350. The number of hydrogen-bond donors (Lipinski definition) is 0. The molecular weight excluding hydrogens is 254 g/mol. The van der Waals surface area contributed by atoms with E-state index in [2.05, 4.69) is 43.3 Å². The van der Waals surface area contributed by atoms with Gasteiger partial charge in [0.15, 0.2) is 0 Å². The van der Waals surface area contributed by atoms with E-state index in [-0.39, 0.29) is 0 Å². The van der Waals surface area contributed by atoms with Crippen molar-refractivity contribution in [3.05, 3.63) is 60.0 Å². The molecule has 0 aromatic carbocycles. The summed E-state index contributed by atoms with van der Waals surface area (Å²) in [5.41, 5.74) is 5.19. The highest BCUT2D eigenvalue weighted by Gasteiger charge is 2.07. The van der Waals surface area contributed by atoms with Gasteiger partial charge >= 0.3 is 0 Å². The lowest BCUT2D eigenvalue weighted by molar-refractivity contribution is 1.19. The Bertz CT molecular complexity index is 491. The highest BCUT2D eigenvalue weighted by Crippen LogP contribution is 2.22. The van der Waals surface area contributed by atoms with E-state index in [4.69, 9.17) is 0 Å². The number of allylic oxidation sites excluding steroid dienone is 4. The summed E-state index contributed by atoms with van der Waals surface area (Å²) in [6.45, 7) is 21.7. The van der Waals surface area contributed by atoms with Crippen molar-refractivity contribution in [1.82, 2.24) is 4.98 Å². The van der Waals surface area contributed by atoms with E-state index >= 15 is 0 Å². The lowest BCUT2D eigenvalue weighted by Crippen LogP contribution is -1.97. The monoisotopic (exact) mass is 285 g/mol. The fourth-order valence-electron chi connectivity index (χ4n) is 1.76. The molecule has 0 bridgehead atoms. The summed E-state index contributed by atoms with van der Waals surface area (Å²) >= 11 is 0. The lowest BCUT2D eigenvalue weighted by atomic mass is 10.0. The number of pyridine rings is 1. The third-order valence-corrected chi connectivity index (χ3v) is 2.62. The maximum Gasteiger partial charge on any atom is 0.0735 e. The largest absolute Gasteiger partial charge is 0.248 e. The van der Waals surface area contributed by atoms with Gasteiger partial charge in [-0.05, 0) is 49.6 Å². The molecule has 0 spiro atoms. The van der Waals surface area contributed by atoms with Crippen molar-refractivity contribution >= 4 is 17.7 Å². The van der Waals surface area contributed by atoms with Gasteiger partial charge in [-0.2, -0.15) is 0 Å². The van der Waals surface area contributed by atoms with Gasteiger partial charge in [0.25, 0.3) is 0 Å². The van der Waals surface area contributed by atoms with Crippen molar-refractivity contribution in [3.63, 3.8) is 0 Å². The Kier molecular flexibility index (Phi) is 13.4. The molecule has 21 heavy (non-hydrogen) atoms. The third kappa shape index (κ3) is 6.40. The van der Waals surface area contributed by atoms with Gasteiger partial charge in [0, 0.05) is 0 Å². The molecule has 0 unspecified atom stereocenters. The molecule has 0 saturated carbocycles. The molecule has 1 heterocycles. The van der Waals surface area contributed by atoms with Crippen molar-refractivity contribution in [2.24, 2.45) is 0 Å². The van der Waals surface area contributed by atoms with Gasteiger partial charge in [-0.3, -0.25) is 0 Å². The maximum atomic E-state index is 4.64. The molecule has 1 aromatic heterocycles. The van der Waals surface area contributed by atoms with Crippen LogP contribution in [0.2, 0.25) is 0 Å². The summed E-state index contributed by atoms with van der Waals surface area (Å²) in [5.74, 6) is 0. The highest BCUT2D eigenvalue weighted by atomic mass is 14.7. The molecule has 1 aromatic rings. The predicted molar refractivity (Wildman–Crippen MR) is 100 cm³/mol. The van der Waals surface area contributed by atoms with E-state index in [1.54, 1.807) is 6.08 Å². The first kappa shape index (κ1) is 21.4. The normalized spacial score (nSPS) is 10.1. The summed E-state index contributed by atoms with van der Waals surface area (Å²) in [5, 5.41) is 0. The molecule has 0 fully saturated rings. The van der Waals surface area contributed by atoms with Crippen LogP contribution in [-0.4, -0.2) is 4.98 Å². The SMILES string of the molecule is C=Cc1cc(C)c(C(/C=C\C)=C/C)nc1C=C.CC.CC. The quantitative estimate of drug-likeness (QED) is 0.560. The highest BCUT2D eigenvalue weighted by molar-refractivity contribution is 5.75. The molecule has 0 atom stereocenters. The second-order valence-electron chi connectivity index (χ2n) is 3.78. The molecule has 1 heteroatoms. The van der Waals surface area contributed by atoms with Crippen molar-refractivity contribution < 1.29 is 0 Å². The fourth-order valence-corrected chi connectivity index (χ4v) is 1.76. The van der Waals surface area contributed by atoms with Crippen LogP contribution in [0.3, 0.4) is 0 Å². The second-order valence-corrected chi connectivity index (χ2v) is 3.78. The molecule has 0 aliphatic carbocycles. The van der Waals surface area contributed by atoms with Crippen LogP contribution in [0.5, 0.6) is 0 Å². The minimum atomic E-state index is 0.879. The average Bonchev–Trinajstić information content (AvgIpc) is 2.56. The molecular formula is C20H31N. The lowest BCUT2D eigenvalue weighted by Gasteiger charge is -2.10. The van der Waals surface area contributed by atoms with Gasteiger partial charge in [0.1, 0.15) is 0 Å². The number of aromatic nitrogens is 1. The van der Waals surface area contributed by atoms with Gasteiger partial charge in [0.2, 0.25) is 0 Å². The Morgan fingerprint density at radius 1 is 1.05 bits per heavy atom. The number of rotatable bonds is 4. The van der Waals surface area contributed by atoms with Crippen molar-refractivity contribution in [2.45, 2.75) is 48.5 Å². The van der Waals surface area contributed by atoms with E-state index in [1.165, 1.54) is 0 Å².